The predicted molar refractivity (Wildman–Crippen MR) is 108 cm³/mol. The number of halogens is 5. The number of likely N-dealkylation sites (N-methyl/N-ethyl adjacent to an activating group) is 1. The van der Waals surface area contributed by atoms with Crippen LogP contribution in [0.4, 0.5) is 18.9 Å². The molecule has 14 heteroatoms. The van der Waals surface area contributed by atoms with Crippen molar-refractivity contribution < 1.29 is 31.2 Å². The fraction of sp³-hybridized carbons (Fsp3) is 0.294. The summed E-state index contributed by atoms with van der Waals surface area (Å²) in [6, 6.07) is 5.47. The zero-order chi connectivity index (χ0) is 23.6. The molecule has 0 aliphatic rings. The third kappa shape index (κ3) is 6.94. The molecule has 0 heterocycles. The van der Waals surface area contributed by atoms with Crippen molar-refractivity contribution in [3.8, 4) is 5.75 Å². The molecule has 0 bridgehead atoms. The molecule has 0 spiro atoms. The van der Waals surface area contributed by atoms with E-state index in [1.54, 1.807) is 25.1 Å². The van der Waals surface area contributed by atoms with Crippen molar-refractivity contribution in [2.75, 3.05) is 20.6 Å². The van der Waals surface area contributed by atoms with E-state index in [0.717, 1.165) is 6.07 Å². The first-order valence-corrected chi connectivity index (χ1v) is 10.6. The number of nitro benzene ring substituents is 1. The quantitative estimate of drug-likeness (QED) is 0.425. The Morgan fingerprint density at radius 3 is 2.32 bits per heavy atom. The van der Waals surface area contributed by atoms with Gasteiger partial charge in [-0.2, -0.15) is 0 Å². The van der Waals surface area contributed by atoms with Crippen molar-refractivity contribution in [3.63, 3.8) is 0 Å². The van der Waals surface area contributed by atoms with E-state index in [9.17, 15) is 31.7 Å². The van der Waals surface area contributed by atoms with Crippen LogP contribution in [0.15, 0.2) is 41.3 Å². The second-order valence-corrected chi connectivity index (χ2v) is 9.07. The van der Waals surface area contributed by atoms with Crippen molar-refractivity contribution in [2.24, 2.45) is 0 Å². The fourth-order valence-corrected chi connectivity index (χ4v) is 4.12. The maximum Gasteiger partial charge on any atom is 0.573 e. The summed E-state index contributed by atoms with van der Waals surface area (Å²) in [5, 5.41) is 11.4. The maximum absolute atomic E-state index is 12.9. The summed E-state index contributed by atoms with van der Waals surface area (Å²) in [6.45, 7) is 0.163. The topological polar surface area (TPSA) is 102 Å². The van der Waals surface area contributed by atoms with E-state index in [0.29, 0.717) is 17.7 Å². The molecular formula is C17H16Cl2F3N3O5S. The summed E-state index contributed by atoms with van der Waals surface area (Å²) in [7, 11) is -1.06. The molecule has 0 unspecified atom stereocenters. The van der Waals surface area contributed by atoms with Gasteiger partial charge in [0.05, 0.1) is 25.9 Å². The standard InChI is InChI=1S/C17H16Cl2F3N3O5S/c1-24(2)9-14(10-3-5-12(18)13(19)7-10)23-31(28,29)11-4-6-15(25(26)27)16(8-11)30-17(20,21)22/h3-8,14,23H,9H2,1-2H3/t14-/m0/s1. The summed E-state index contributed by atoms with van der Waals surface area (Å²) in [4.78, 5) is 10.9. The van der Waals surface area contributed by atoms with Gasteiger partial charge in [-0.25, -0.2) is 13.1 Å². The molecule has 170 valence electrons. The molecule has 0 aromatic heterocycles. The minimum atomic E-state index is -5.26. The average molecular weight is 502 g/mol. The minimum Gasteiger partial charge on any atom is -0.398 e. The monoisotopic (exact) mass is 501 g/mol. The summed E-state index contributed by atoms with van der Waals surface area (Å²) in [5.41, 5.74) is -0.592. The van der Waals surface area contributed by atoms with Gasteiger partial charge in [0.15, 0.2) is 0 Å². The van der Waals surface area contributed by atoms with Crippen LogP contribution in [-0.2, 0) is 10.0 Å². The number of rotatable bonds is 8. The van der Waals surface area contributed by atoms with Crippen LogP contribution in [-0.4, -0.2) is 45.2 Å². The highest BCUT2D eigenvalue weighted by molar-refractivity contribution is 7.89. The number of benzene rings is 2. The molecule has 0 amide bonds. The van der Waals surface area contributed by atoms with Gasteiger partial charge in [0.2, 0.25) is 15.8 Å². The molecule has 8 nitrogen and oxygen atoms in total. The molecule has 1 atom stereocenters. The van der Waals surface area contributed by atoms with Crippen LogP contribution in [0.25, 0.3) is 0 Å². The number of hydrogen-bond donors (Lipinski definition) is 1. The van der Waals surface area contributed by atoms with Crippen LogP contribution in [0, 0.1) is 10.1 Å². The van der Waals surface area contributed by atoms with Gasteiger partial charge in [-0.3, -0.25) is 10.1 Å². The fourth-order valence-electron chi connectivity index (χ4n) is 2.58. The lowest BCUT2D eigenvalue weighted by molar-refractivity contribution is -0.388. The van der Waals surface area contributed by atoms with Crippen LogP contribution in [0.3, 0.4) is 0 Å². The summed E-state index contributed by atoms with van der Waals surface area (Å²) < 4.78 is 69.6. The number of nitrogens with zero attached hydrogens (tertiary/aromatic N) is 2. The van der Waals surface area contributed by atoms with Gasteiger partial charge in [-0.1, -0.05) is 29.3 Å². The first kappa shape index (κ1) is 25.1. The highest BCUT2D eigenvalue weighted by atomic mass is 35.5. The van der Waals surface area contributed by atoms with E-state index in [1.165, 1.54) is 12.1 Å². The summed E-state index contributed by atoms with van der Waals surface area (Å²) in [6.07, 6.45) is -5.26. The first-order valence-electron chi connectivity index (χ1n) is 8.36. The largest absolute Gasteiger partial charge is 0.573 e. The molecule has 0 aliphatic heterocycles. The van der Waals surface area contributed by atoms with Gasteiger partial charge in [-0.15, -0.1) is 13.2 Å². The van der Waals surface area contributed by atoms with Crippen LogP contribution in [0.5, 0.6) is 5.75 Å². The molecule has 2 aromatic rings. The van der Waals surface area contributed by atoms with Crippen LogP contribution < -0.4 is 9.46 Å². The third-order valence-corrected chi connectivity index (χ3v) is 6.06. The Bertz CT molecular complexity index is 1080. The van der Waals surface area contributed by atoms with E-state index in [1.807, 2.05) is 0 Å². The van der Waals surface area contributed by atoms with Gasteiger partial charge in [0.25, 0.3) is 0 Å². The molecule has 2 aromatic carbocycles. The number of alkyl halides is 3. The molecule has 0 saturated heterocycles. The van der Waals surface area contributed by atoms with Gasteiger partial charge >= 0.3 is 12.0 Å². The van der Waals surface area contributed by atoms with Crippen LogP contribution in [0.2, 0.25) is 10.0 Å². The van der Waals surface area contributed by atoms with Gasteiger partial charge < -0.3 is 9.64 Å². The van der Waals surface area contributed by atoms with E-state index in [-0.39, 0.29) is 16.6 Å². The molecule has 0 fully saturated rings. The van der Waals surface area contributed by atoms with E-state index in [2.05, 4.69) is 9.46 Å². The lowest BCUT2D eigenvalue weighted by atomic mass is 10.1. The minimum absolute atomic E-state index is 0.163. The Hall–Kier alpha value is -2.12. The van der Waals surface area contributed by atoms with E-state index in [4.69, 9.17) is 23.2 Å². The van der Waals surface area contributed by atoms with Crippen molar-refractivity contribution in [1.29, 1.82) is 0 Å². The number of nitrogens with one attached hydrogen (secondary N) is 1. The van der Waals surface area contributed by atoms with Gasteiger partial charge in [0.1, 0.15) is 0 Å². The highest BCUT2D eigenvalue weighted by Gasteiger charge is 2.35. The molecule has 2 rings (SSSR count). The van der Waals surface area contributed by atoms with Crippen LogP contribution >= 0.6 is 23.2 Å². The number of ether oxygens (including phenoxy) is 1. The summed E-state index contributed by atoms with van der Waals surface area (Å²) >= 11 is 11.9. The maximum atomic E-state index is 12.9. The van der Waals surface area contributed by atoms with Gasteiger partial charge in [0, 0.05) is 18.7 Å². The Morgan fingerprint density at radius 1 is 1.16 bits per heavy atom. The first-order chi connectivity index (χ1) is 14.2. The van der Waals surface area contributed by atoms with Crippen molar-refractivity contribution in [1.82, 2.24) is 9.62 Å². The average Bonchev–Trinajstić information content (AvgIpc) is 2.61. The smallest absolute Gasteiger partial charge is 0.398 e. The third-order valence-electron chi connectivity index (χ3n) is 3.86. The number of nitro groups is 1. The van der Waals surface area contributed by atoms with E-state index < -0.39 is 43.7 Å². The van der Waals surface area contributed by atoms with Crippen molar-refractivity contribution in [2.45, 2.75) is 17.3 Å². The lowest BCUT2D eigenvalue weighted by Gasteiger charge is -2.23. The molecule has 31 heavy (non-hydrogen) atoms. The lowest BCUT2D eigenvalue weighted by Crippen LogP contribution is -2.35. The van der Waals surface area contributed by atoms with Crippen LogP contribution in [0.1, 0.15) is 11.6 Å². The Morgan fingerprint density at radius 2 is 1.81 bits per heavy atom. The second-order valence-electron chi connectivity index (χ2n) is 6.54. The normalized spacial score (nSPS) is 13.3. The van der Waals surface area contributed by atoms with E-state index >= 15 is 0 Å². The van der Waals surface area contributed by atoms with Gasteiger partial charge in [-0.05, 0) is 37.9 Å². The highest BCUT2D eigenvalue weighted by Crippen LogP contribution is 2.34. The SMILES string of the molecule is CN(C)C[C@H](NS(=O)(=O)c1ccc([N+](=O)[O-])c(OC(F)(F)F)c1)c1ccc(Cl)c(Cl)c1. The second kappa shape index (κ2) is 9.57. The Labute approximate surface area is 185 Å². The number of sulfonamides is 1. The zero-order valence-corrected chi connectivity index (χ0v) is 18.3. The van der Waals surface area contributed by atoms with Crippen molar-refractivity contribution >= 4 is 38.9 Å². The Kier molecular flexibility index (Phi) is 7.76. The molecular weight excluding hydrogens is 486 g/mol. The molecule has 0 saturated carbocycles. The molecule has 0 radical (unpaired) electrons. The molecule has 0 aliphatic carbocycles. The summed E-state index contributed by atoms with van der Waals surface area (Å²) in [5.74, 6) is -1.25. The molecule has 1 N–H and O–H groups in total. The predicted octanol–water partition coefficient (Wildman–Crippen LogP) is 4.38. The van der Waals surface area contributed by atoms with Crippen molar-refractivity contribution in [3.05, 3.63) is 62.1 Å². The number of hydrogen-bond acceptors (Lipinski definition) is 6. The Balaban J connectivity index is 2.46. The zero-order valence-electron chi connectivity index (χ0n) is 16.0.